The average molecular weight is 345 g/mol. The van der Waals surface area contributed by atoms with Crippen LogP contribution in [0.3, 0.4) is 0 Å². The summed E-state index contributed by atoms with van der Waals surface area (Å²) in [6.45, 7) is 0. The monoisotopic (exact) mass is 345 g/mol. The zero-order chi connectivity index (χ0) is 16.6. The number of aromatic nitrogens is 2. The molecule has 1 fully saturated rings. The van der Waals surface area contributed by atoms with Crippen LogP contribution in [0.5, 0.6) is 0 Å². The summed E-state index contributed by atoms with van der Waals surface area (Å²) >= 11 is 0. The number of anilines is 1. The van der Waals surface area contributed by atoms with Crippen LogP contribution in [0.2, 0.25) is 0 Å². The lowest BCUT2D eigenvalue weighted by atomic mass is 10.1. The van der Waals surface area contributed by atoms with Gasteiger partial charge in [0.15, 0.2) is 5.76 Å². The molecule has 1 aliphatic rings. The Morgan fingerprint density at radius 3 is 2.75 bits per heavy atom. The van der Waals surface area contributed by atoms with E-state index in [0.29, 0.717) is 42.4 Å². The van der Waals surface area contributed by atoms with Gasteiger partial charge in [-0.2, -0.15) is 4.98 Å². The third kappa shape index (κ3) is 3.05. The lowest BCUT2D eigenvalue weighted by molar-refractivity contribution is 0.384. The highest BCUT2D eigenvalue weighted by Gasteiger charge is 2.36. The predicted molar refractivity (Wildman–Crippen MR) is 86.8 cm³/mol. The van der Waals surface area contributed by atoms with Gasteiger partial charge in [-0.3, -0.25) is 4.72 Å². The molecule has 8 heteroatoms. The van der Waals surface area contributed by atoms with Crippen LogP contribution in [0.25, 0.3) is 11.6 Å². The van der Waals surface area contributed by atoms with E-state index < -0.39 is 10.0 Å². The molecule has 24 heavy (non-hydrogen) atoms. The fourth-order valence-corrected chi connectivity index (χ4v) is 3.81. The van der Waals surface area contributed by atoms with Crippen LogP contribution < -0.4 is 4.72 Å². The number of benzene rings is 1. The van der Waals surface area contributed by atoms with Crippen molar-refractivity contribution in [3.05, 3.63) is 54.1 Å². The molecule has 124 valence electrons. The van der Waals surface area contributed by atoms with Crippen molar-refractivity contribution in [1.29, 1.82) is 0 Å². The topological polar surface area (TPSA) is 98.2 Å². The van der Waals surface area contributed by atoms with Gasteiger partial charge < -0.3 is 8.94 Å². The molecule has 0 atom stereocenters. The van der Waals surface area contributed by atoms with Gasteiger partial charge in [-0.25, -0.2) is 8.42 Å². The second kappa shape index (κ2) is 5.79. The highest BCUT2D eigenvalue weighted by atomic mass is 32.2. The van der Waals surface area contributed by atoms with Gasteiger partial charge in [0, 0.05) is 0 Å². The Morgan fingerprint density at radius 2 is 2.00 bits per heavy atom. The van der Waals surface area contributed by atoms with E-state index in [-0.39, 0.29) is 5.25 Å². The van der Waals surface area contributed by atoms with Gasteiger partial charge in [0.05, 0.1) is 23.6 Å². The van der Waals surface area contributed by atoms with Crippen LogP contribution in [-0.2, 0) is 16.4 Å². The molecule has 0 unspecified atom stereocenters. The summed E-state index contributed by atoms with van der Waals surface area (Å²) in [5.74, 6) is 1.28. The highest BCUT2D eigenvalue weighted by Crippen LogP contribution is 2.31. The number of nitrogens with one attached hydrogen (secondary N) is 1. The van der Waals surface area contributed by atoms with Crippen LogP contribution in [0.1, 0.15) is 24.3 Å². The second-order valence-electron chi connectivity index (χ2n) is 5.67. The Morgan fingerprint density at radius 1 is 1.17 bits per heavy atom. The first-order valence-corrected chi connectivity index (χ1v) is 9.12. The molecular formula is C16H15N3O4S. The minimum Gasteiger partial charge on any atom is -0.461 e. The number of furan rings is 1. The van der Waals surface area contributed by atoms with E-state index in [2.05, 4.69) is 14.9 Å². The highest BCUT2D eigenvalue weighted by molar-refractivity contribution is 7.93. The number of rotatable bonds is 6. The van der Waals surface area contributed by atoms with Crippen LogP contribution in [-0.4, -0.2) is 23.8 Å². The van der Waals surface area contributed by atoms with Gasteiger partial charge in [-0.05, 0) is 36.6 Å². The molecule has 1 aliphatic carbocycles. The SMILES string of the molecule is O=S(=O)(Nc1ccccc1Cc1nc(-c2ccco2)no1)C1CC1. The van der Waals surface area contributed by atoms with E-state index in [4.69, 9.17) is 8.94 Å². The molecule has 0 aliphatic heterocycles. The number of sulfonamides is 1. The van der Waals surface area contributed by atoms with E-state index in [9.17, 15) is 8.42 Å². The molecule has 0 spiro atoms. The van der Waals surface area contributed by atoms with Gasteiger partial charge in [0.2, 0.25) is 21.7 Å². The van der Waals surface area contributed by atoms with Crippen molar-refractivity contribution in [3.63, 3.8) is 0 Å². The first-order chi connectivity index (χ1) is 11.6. The van der Waals surface area contributed by atoms with Crippen LogP contribution in [0, 0.1) is 0 Å². The smallest absolute Gasteiger partial charge is 0.238 e. The van der Waals surface area contributed by atoms with Gasteiger partial charge in [-0.1, -0.05) is 23.4 Å². The lowest BCUT2D eigenvalue weighted by Gasteiger charge is -2.10. The van der Waals surface area contributed by atoms with E-state index in [1.54, 1.807) is 24.3 Å². The van der Waals surface area contributed by atoms with Crippen LogP contribution in [0.15, 0.2) is 51.6 Å². The van der Waals surface area contributed by atoms with Crippen molar-refractivity contribution in [1.82, 2.24) is 10.1 Å². The molecule has 2 heterocycles. The predicted octanol–water partition coefficient (Wildman–Crippen LogP) is 2.82. The molecular weight excluding hydrogens is 330 g/mol. The first-order valence-electron chi connectivity index (χ1n) is 7.58. The zero-order valence-corrected chi connectivity index (χ0v) is 13.5. The normalized spacial score (nSPS) is 14.7. The third-order valence-corrected chi connectivity index (χ3v) is 5.64. The van der Waals surface area contributed by atoms with Crippen molar-refractivity contribution >= 4 is 15.7 Å². The number of hydrogen-bond acceptors (Lipinski definition) is 6. The summed E-state index contributed by atoms with van der Waals surface area (Å²) in [6, 6.07) is 10.7. The van der Waals surface area contributed by atoms with Gasteiger partial charge >= 0.3 is 0 Å². The Bertz CT molecular complexity index is 943. The minimum atomic E-state index is -3.32. The number of hydrogen-bond donors (Lipinski definition) is 1. The first kappa shape index (κ1) is 14.9. The summed E-state index contributed by atoms with van der Waals surface area (Å²) in [7, 11) is -3.32. The molecule has 2 aromatic heterocycles. The molecule has 7 nitrogen and oxygen atoms in total. The van der Waals surface area contributed by atoms with E-state index >= 15 is 0 Å². The molecule has 0 radical (unpaired) electrons. The maximum absolute atomic E-state index is 12.2. The summed E-state index contributed by atoms with van der Waals surface area (Å²) in [5, 5.41) is 3.60. The van der Waals surface area contributed by atoms with Crippen molar-refractivity contribution in [3.8, 4) is 11.6 Å². The van der Waals surface area contributed by atoms with Crippen molar-refractivity contribution < 1.29 is 17.4 Å². The number of nitrogens with zero attached hydrogens (tertiary/aromatic N) is 2. The largest absolute Gasteiger partial charge is 0.461 e. The summed E-state index contributed by atoms with van der Waals surface area (Å²) in [5.41, 5.74) is 1.32. The standard InChI is InChI=1S/C16H15N3O4S/c20-24(21,12-7-8-12)19-13-5-2-1-4-11(13)10-15-17-16(18-23-15)14-6-3-9-22-14/h1-6,9,12,19H,7-8,10H2. The number of para-hydroxylation sites is 1. The molecule has 1 aromatic carbocycles. The maximum atomic E-state index is 12.2. The van der Waals surface area contributed by atoms with E-state index in [1.807, 2.05) is 12.1 Å². The Hall–Kier alpha value is -2.61. The Labute approximate surface area is 138 Å². The minimum absolute atomic E-state index is 0.278. The fourth-order valence-electron chi connectivity index (χ4n) is 2.38. The van der Waals surface area contributed by atoms with Crippen molar-refractivity contribution in [2.24, 2.45) is 0 Å². The van der Waals surface area contributed by atoms with Crippen molar-refractivity contribution in [2.45, 2.75) is 24.5 Å². The molecule has 1 saturated carbocycles. The van der Waals surface area contributed by atoms with E-state index in [1.165, 1.54) is 6.26 Å². The van der Waals surface area contributed by atoms with Crippen LogP contribution >= 0.6 is 0 Å². The van der Waals surface area contributed by atoms with Gasteiger partial charge in [0.1, 0.15) is 0 Å². The molecule has 1 N–H and O–H groups in total. The molecule has 0 amide bonds. The summed E-state index contributed by atoms with van der Waals surface area (Å²) in [4.78, 5) is 4.28. The van der Waals surface area contributed by atoms with Crippen molar-refractivity contribution in [2.75, 3.05) is 4.72 Å². The van der Waals surface area contributed by atoms with Gasteiger partial charge in [0.25, 0.3) is 0 Å². The quantitative estimate of drug-likeness (QED) is 0.737. The zero-order valence-electron chi connectivity index (χ0n) is 12.7. The average Bonchev–Trinajstić information content (AvgIpc) is 3.10. The lowest BCUT2D eigenvalue weighted by Crippen LogP contribution is -2.18. The Kier molecular flexibility index (Phi) is 3.61. The Balaban J connectivity index is 1.57. The molecule has 3 aromatic rings. The maximum Gasteiger partial charge on any atom is 0.238 e. The molecule has 0 bridgehead atoms. The summed E-state index contributed by atoms with van der Waals surface area (Å²) < 4.78 is 37.4. The van der Waals surface area contributed by atoms with E-state index in [0.717, 1.165) is 5.56 Å². The molecule has 0 saturated heterocycles. The van der Waals surface area contributed by atoms with Gasteiger partial charge in [-0.15, -0.1) is 0 Å². The third-order valence-electron chi connectivity index (χ3n) is 3.78. The van der Waals surface area contributed by atoms with Crippen LogP contribution in [0.4, 0.5) is 5.69 Å². The molecule has 4 rings (SSSR count). The fraction of sp³-hybridized carbons (Fsp3) is 0.250. The summed E-state index contributed by atoms with van der Waals surface area (Å²) in [6.07, 6.45) is 3.30. The second-order valence-corrected chi connectivity index (χ2v) is 7.63.